The molecule has 0 aliphatic heterocycles. The zero-order valence-corrected chi connectivity index (χ0v) is 23.8. The van der Waals surface area contributed by atoms with Crippen LogP contribution in [-0.4, -0.2) is 36.0 Å². The predicted octanol–water partition coefficient (Wildman–Crippen LogP) is 6.59. The summed E-state index contributed by atoms with van der Waals surface area (Å²) in [5, 5.41) is 24.1. The molecule has 0 saturated heterocycles. The molecule has 5 rings (SSSR count). The lowest BCUT2D eigenvalue weighted by atomic mass is 9.32. The maximum Gasteiger partial charge on any atom is 0.0594 e. The van der Waals surface area contributed by atoms with Gasteiger partial charge < -0.3 is 15.5 Å². The maximum atomic E-state index is 11.0. The molecular weight excluding hydrogens is 430 g/mol. The van der Waals surface area contributed by atoms with Gasteiger partial charge in [0.05, 0.1) is 12.7 Å². The summed E-state index contributed by atoms with van der Waals surface area (Å²) >= 11 is 0. The fraction of sp³-hybridized carbons (Fsp3) is 0.938. The topological polar surface area (TPSA) is 52.5 Å². The van der Waals surface area contributed by atoms with E-state index in [1.165, 1.54) is 63.4 Å². The molecule has 0 aromatic rings. The summed E-state index contributed by atoms with van der Waals surface area (Å²) in [5.41, 5.74) is 2.94. The van der Waals surface area contributed by atoms with E-state index in [9.17, 15) is 10.2 Å². The van der Waals surface area contributed by atoms with Crippen LogP contribution in [0.5, 0.6) is 0 Å². The van der Waals surface area contributed by atoms with Crippen LogP contribution < -0.4 is 5.32 Å². The molecule has 5 aliphatic carbocycles. The van der Waals surface area contributed by atoms with Crippen molar-refractivity contribution in [3.8, 4) is 0 Å². The van der Waals surface area contributed by atoms with Crippen molar-refractivity contribution in [1.29, 1.82) is 0 Å². The molecule has 0 radical (unpaired) electrons. The minimum Gasteiger partial charge on any atom is -0.395 e. The van der Waals surface area contributed by atoms with Crippen molar-refractivity contribution in [2.45, 2.75) is 112 Å². The second kappa shape index (κ2) is 8.57. The van der Waals surface area contributed by atoms with Crippen molar-refractivity contribution >= 4 is 0 Å². The van der Waals surface area contributed by atoms with Crippen molar-refractivity contribution < 1.29 is 10.2 Å². The van der Waals surface area contributed by atoms with Crippen LogP contribution in [0.4, 0.5) is 0 Å². The SMILES string of the molecule is C=C(C)[C@@H]1CC[C@]2(CNCCO)CC[C@]3(C)[C@H](CC[C@@H]4[C@@]5(C)CC[C@H](O)C(C)(C)[C@@H]5CC[C@]43C)[C@@H]12. The minimum absolute atomic E-state index is 0.0304. The van der Waals surface area contributed by atoms with Gasteiger partial charge >= 0.3 is 0 Å². The van der Waals surface area contributed by atoms with Gasteiger partial charge in [-0.05, 0) is 128 Å². The molecule has 10 atom stereocenters. The van der Waals surface area contributed by atoms with Gasteiger partial charge in [-0.2, -0.15) is 0 Å². The predicted molar refractivity (Wildman–Crippen MR) is 145 cm³/mol. The number of allylic oxidation sites excluding steroid dienone is 1. The van der Waals surface area contributed by atoms with E-state index < -0.39 is 0 Å². The smallest absolute Gasteiger partial charge is 0.0594 e. The average Bonchev–Trinajstić information content (AvgIpc) is 3.17. The molecule has 3 nitrogen and oxygen atoms in total. The van der Waals surface area contributed by atoms with Gasteiger partial charge in [-0.25, -0.2) is 0 Å². The molecule has 0 unspecified atom stereocenters. The van der Waals surface area contributed by atoms with Crippen LogP contribution in [0.15, 0.2) is 12.2 Å². The van der Waals surface area contributed by atoms with Crippen molar-refractivity contribution in [3.63, 3.8) is 0 Å². The standard InChI is InChI=1S/C32H55NO2/c1-21(2)22-10-15-32(20-33-18-19-34)17-16-30(6)23(27(22)32)8-9-25-29(5)13-12-26(35)28(3,4)24(29)11-14-31(25,30)7/h22-27,33-35H,1,8-20H2,2-7H3/t22-,23+,24-,25+,26-,27+,29-,30+,31+,32+/m0/s1. The molecule has 0 aromatic heterocycles. The van der Waals surface area contributed by atoms with E-state index in [1.54, 1.807) is 0 Å². The van der Waals surface area contributed by atoms with Gasteiger partial charge in [0.2, 0.25) is 0 Å². The minimum atomic E-state index is -0.145. The molecule has 5 saturated carbocycles. The quantitative estimate of drug-likeness (QED) is 0.304. The first-order chi connectivity index (χ1) is 16.4. The molecule has 0 amide bonds. The van der Waals surface area contributed by atoms with Crippen molar-refractivity contribution in [1.82, 2.24) is 5.32 Å². The Balaban J connectivity index is 1.51. The van der Waals surface area contributed by atoms with E-state index in [2.05, 4.69) is 53.4 Å². The largest absolute Gasteiger partial charge is 0.395 e. The van der Waals surface area contributed by atoms with E-state index in [-0.39, 0.29) is 18.1 Å². The number of rotatable bonds is 5. The summed E-state index contributed by atoms with van der Waals surface area (Å²) in [7, 11) is 0. The molecule has 0 bridgehead atoms. The zero-order valence-electron chi connectivity index (χ0n) is 23.8. The highest BCUT2D eigenvalue weighted by Crippen LogP contribution is 2.77. The molecule has 3 heteroatoms. The van der Waals surface area contributed by atoms with Gasteiger partial charge in [0.1, 0.15) is 0 Å². The fourth-order valence-corrected chi connectivity index (χ4v) is 12.0. The number of hydrogen-bond donors (Lipinski definition) is 3. The highest BCUT2D eigenvalue weighted by molar-refractivity contribution is 5.21. The Kier molecular flexibility index (Phi) is 6.42. The zero-order chi connectivity index (χ0) is 25.4. The number of fused-ring (bicyclic) bond motifs is 7. The Hall–Kier alpha value is -0.380. The van der Waals surface area contributed by atoms with E-state index >= 15 is 0 Å². The van der Waals surface area contributed by atoms with Crippen LogP contribution in [0, 0.1) is 56.7 Å². The summed E-state index contributed by atoms with van der Waals surface area (Å²) in [5.74, 6) is 3.58. The molecular formula is C32H55NO2. The third-order valence-electron chi connectivity index (χ3n) is 14.0. The molecule has 0 aromatic carbocycles. The van der Waals surface area contributed by atoms with Crippen LogP contribution in [0.1, 0.15) is 106 Å². The van der Waals surface area contributed by atoms with Gasteiger partial charge in [0.25, 0.3) is 0 Å². The average molecular weight is 486 g/mol. The maximum absolute atomic E-state index is 11.0. The second-order valence-electron chi connectivity index (χ2n) is 15.3. The van der Waals surface area contributed by atoms with Gasteiger partial charge in [-0.15, -0.1) is 0 Å². The van der Waals surface area contributed by atoms with E-state index in [0.717, 1.165) is 37.3 Å². The highest BCUT2D eigenvalue weighted by atomic mass is 16.3. The lowest BCUT2D eigenvalue weighted by Crippen LogP contribution is -2.67. The molecule has 5 fully saturated rings. The molecule has 35 heavy (non-hydrogen) atoms. The Morgan fingerprint density at radius 3 is 2.29 bits per heavy atom. The van der Waals surface area contributed by atoms with E-state index in [1.807, 2.05) is 0 Å². The third kappa shape index (κ3) is 3.46. The molecule has 200 valence electrons. The Morgan fingerprint density at radius 1 is 0.857 bits per heavy atom. The van der Waals surface area contributed by atoms with Crippen molar-refractivity contribution in [3.05, 3.63) is 12.2 Å². The summed E-state index contributed by atoms with van der Waals surface area (Å²) in [6.45, 7) is 21.6. The molecule has 0 heterocycles. The summed E-state index contributed by atoms with van der Waals surface area (Å²) in [4.78, 5) is 0. The first-order valence-corrected chi connectivity index (χ1v) is 15.0. The number of aliphatic hydroxyl groups is 2. The number of hydrogen-bond acceptors (Lipinski definition) is 3. The summed E-state index contributed by atoms with van der Waals surface area (Å²) in [6, 6.07) is 0. The van der Waals surface area contributed by atoms with Crippen LogP contribution in [0.3, 0.4) is 0 Å². The Bertz CT molecular complexity index is 837. The number of nitrogens with one attached hydrogen (secondary N) is 1. The first-order valence-electron chi connectivity index (χ1n) is 15.0. The van der Waals surface area contributed by atoms with E-state index in [4.69, 9.17) is 0 Å². The van der Waals surface area contributed by atoms with Crippen molar-refractivity contribution in [2.24, 2.45) is 56.7 Å². The molecule has 5 aliphatic rings. The lowest BCUT2D eigenvalue weighted by molar-refractivity contribution is -0.247. The fourth-order valence-electron chi connectivity index (χ4n) is 12.0. The monoisotopic (exact) mass is 485 g/mol. The van der Waals surface area contributed by atoms with Gasteiger partial charge in [-0.1, -0.05) is 46.8 Å². The second-order valence-corrected chi connectivity index (χ2v) is 15.3. The van der Waals surface area contributed by atoms with Crippen LogP contribution in [-0.2, 0) is 0 Å². The highest BCUT2D eigenvalue weighted by Gasteiger charge is 2.70. The number of aliphatic hydroxyl groups excluding tert-OH is 2. The van der Waals surface area contributed by atoms with Gasteiger partial charge in [0, 0.05) is 13.1 Å². The lowest BCUT2D eigenvalue weighted by Gasteiger charge is -2.73. The van der Waals surface area contributed by atoms with Crippen LogP contribution in [0.25, 0.3) is 0 Å². The van der Waals surface area contributed by atoms with Gasteiger partial charge in [0.15, 0.2) is 0 Å². The van der Waals surface area contributed by atoms with Crippen LogP contribution >= 0.6 is 0 Å². The van der Waals surface area contributed by atoms with Crippen LogP contribution in [0.2, 0.25) is 0 Å². The molecule has 3 N–H and O–H groups in total. The van der Waals surface area contributed by atoms with E-state index in [0.29, 0.717) is 33.5 Å². The Labute approximate surface area is 215 Å². The summed E-state index contributed by atoms with van der Waals surface area (Å²) in [6.07, 6.45) is 12.7. The van der Waals surface area contributed by atoms with Crippen molar-refractivity contribution in [2.75, 3.05) is 19.7 Å². The summed E-state index contributed by atoms with van der Waals surface area (Å²) < 4.78 is 0. The Morgan fingerprint density at radius 2 is 1.60 bits per heavy atom. The first kappa shape index (κ1) is 26.2. The normalized spacial score (nSPS) is 52.7. The van der Waals surface area contributed by atoms with Gasteiger partial charge in [-0.3, -0.25) is 0 Å². The molecule has 0 spiro atoms. The third-order valence-corrected chi connectivity index (χ3v) is 14.0.